The molecule has 0 bridgehead atoms. The van der Waals surface area contributed by atoms with Gasteiger partial charge in [0, 0.05) is 24.0 Å². The molecule has 0 radical (unpaired) electrons. The molecule has 5 heteroatoms. The fourth-order valence-electron chi connectivity index (χ4n) is 3.49. The van der Waals surface area contributed by atoms with Gasteiger partial charge in [0.15, 0.2) is 0 Å². The van der Waals surface area contributed by atoms with Gasteiger partial charge in [0.05, 0.1) is 11.3 Å². The molecular formula is C21H20N2O3. The quantitative estimate of drug-likeness (QED) is 0.699. The topological polar surface area (TPSA) is 66.6 Å². The number of rotatable bonds is 4. The van der Waals surface area contributed by atoms with Crippen LogP contribution < -0.4 is 4.90 Å². The van der Waals surface area contributed by atoms with Crippen LogP contribution in [0.2, 0.25) is 0 Å². The van der Waals surface area contributed by atoms with Gasteiger partial charge in [-0.3, -0.25) is 0 Å². The molecule has 1 aliphatic heterocycles. The molecule has 0 amide bonds. The van der Waals surface area contributed by atoms with E-state index in [0.29, 0.717) is 11.7 Å². The molecule has 1 unspecified atom stereocenters. The first-order valence-electron chi connectivity index (χ1n) is 8.79. The Hall–Kier alpha value is -3.08. The number of para-hydroxylation sites is 1. The summed E-state index contributed by atoms with van der Waals surface area (Å²) in [5.74, 6) is 0.646. The largest absolute Gasteiger partial charge is 0.478 e. The molecule has 1 fully saturated rings. The number of carboxylic acids is 1. The van der Waals surface area contributed by atoms with Crippen LogP contribution in [0.5, 0.6) is 0 Å². The van der Waals surface area contributed by atoms with Crippen molar-refractivity contribution < 1.29 is 14.3 Å². The number of hydrogen-bond acceptors (Lipinski definition) is 4. The molecule has 1 saturated heterocycles. The van der Waals surface area contributed by atoms with Crippen molar-refractivity contribution in [1.82, 2.24) is 4.98 Å². The minimum Gasteiger partial charge on any atom is -0.478 e. The summed E-state index contributed by atoms with van der Waals surface area (Å²) in [5, 5.41) is 9.92. The monoisotopic (exact) mass is 348 g/mol. The first kappa shape index (κ1) is 16.4. The Morgan fingerprint density at radius 1 is 1.31 bits per heavy atom. The number of furan rings is 1. The molecule has 132 valence electrons. The smallest absolute Gasteiger partial charge is 0.328 e. The van der Waals surface area contributed by atoms with Gasteiger partial charge < -0.3 is 14.4 Å². The highest BCUT2D eigenvalue weighted by Crippen LogP contribution is 2.36. The van der Waals surface area contributed by atoms with Crippen LogP contribution in [0.25, 0.3) is 28.4 Å². The van der Waals surface area contributed by atoms with Gasteiger partial charge in [-0.25, -0.2) is 9.78 Å². The Morgan fingerprint density at radius 3 is 2.88 bits per heavy atom. The van der Waals surface area contributed by atoms with Crippen LogP contribution in [-0.4, -0.2) is 28.6 Å². The van der Waals surface area contributed by atoms with E-state index in [4.69, 9.17) is 14.5 Å². The van der Waals surface area contributed by atoms with Gasteiger partial charge in [0.1, 0.15) is 17.2 Å². The number of carboxylic acid groups (broad SMARTS) is 1. The van der Waals surface area contributed by atoms with Gasteiger partial charge in [-0.2, -0.15) is 0 Å². The van der Waals surface area contributed by atoms with Gasteiger partial charge in [-0.05, 0) is 50.1 Å². The summed E-state index contributed by atoms with van der Waals surface area (Å²) in [7, 11) is 0. The van der Waals surface area contributed by atoms with Crippen LogP contribution in [0.15, 0.2) is 53.0 Å². The Balaban J connectivity index is 1.83. The van der Waals surface area contributed by atoms with E-state index in [2.05, 4.69) is 11.8 Å². The van der Waals surface area contributed by atoms with Crippen molar-refractivity contribution in [2.24, 2.45) is 0 Å². The van der Waals surface area contributed by atoms with E-state index in [1.807, 2.05) is 42.5 Å². The zero-order chi connectivity index (χ0) is 18.1. The number of nitrogens with zero attached hydrogens (tertiary/aromatic N) is 2. The summed E-state index contributed by atoms with van der Waals surface area (Å²) in [5.41, 5.74) is 2.40. The minimum atomic E-state index is -0.982. The Morgan fingerprint density at radius 2 is 2.15 bits per heavy atom. The predicted molar refractivity (Wildman–Crippen MR) is 102 cm³/mol. The number of carbonyl (C=O) groups is 1. The van der Waals surface area contributed by atoms with Crippen LogP contribution in [0, 0.1) is 0 Å². The second-order valence-electron chi connectivity index (χ2n) is 6.61. The summed E-state index contributed by atoms with van der Waals surface area (Å²) in [6, 6.07) is 14.1. The molecule has 1 N–H and O–H groups in total. The number of hydrogen-bond donors (Lipinski definition) is 1. The lowest BCUT2D eigenvalue weighted by molar-refractivity contribution is -0.131. The van der Waals surface area contributed by atoms with Gasteiger partial charge in [-0.1, -0.05) is 18.2 Å². The number of pyridine rings is 1. The first-order chi connectivity index (χ1) is 12.6. The average Bonchev–Trinajstić information content (AvgIpc) is 3.25. The molecule has 1 aromatic carbocycles. The maximum Gasteiger partial charge on any atom is 0.328 e. The van der Waals surface area contributed by atoms with Crippen LogP contribution in [-0.2, 0) is 4.79 Å². The van der Waals surface area contributed by atoms with Crippen molar-refractivity contribution in [1.29, 1.82) is 0 Å². The lowest BCUT2D eigenvalue weighted by Crippen LogP contribution is -2.27. The molecule has 4 rings (SSSR count). The average molecular weight is 348 g/mol. The molecule has 0 spiro atoms. The second kappa shape index (κ2) is 6.67. The van der Waals surface area contributed by atoms with E-state index < -0.39 is 5.97 Å². The van der Waals surface area contributed by atoms with E-state index in [1.165, 1.54) is 6.08 Å². The number of aromatic nitrogens is 1. The molecule has 3 heterocycles. The molecular weight excluding hydrogens is 328 g/mol. The molecule has 1 atom stereocenters. The van der Waals surface area contributed by atoms with Gasteiger partial charge in [0.2, 0.25) is 0 Å². The molecule has 5 nitrogen and oxygen atoms in total. The fourth-order valence-corrected chi connectivity index (χ4v) is 3.49. The summed E-state index contributed by atoms with van der Waals surface area (Å²) in [6.07, 6.45) is 4.88. The summed E-state index contributed by atoms with van der Waals surface area (Å²) in [6.45, 7) is 3.13. The third kappa shape index (κ3) is 3.08. The maximum atomic E-state index is 10.8. The summed E-state index contributed by atoms with van der Waals surface area (Å²) >= 11 is 0. The molecule has 1 aliphatic rings. The number of fused-ring (bicyclic) bond motifs is 1. The van der Waals surface area contributed by atoms with Gasteiger partial charge in [0.25, 0.3) is 0 Å². The van der Waals surface area contributed by atoms with Crippen LogP contribution in [0.3, 0.4) is 0 Å². The van der Waals surface area contributed by atoms with Crippen LogP contribution in [0.1, 0.15) is 25.5 Å². The van der Waals surface area contributed by atoms with Crippen LogP contribution >= 0.6 is 0 Å². The first-order valence-corrected chi connectivity index (χ1v) is 8.79. The van der Waals surface area contributed by atoms with E-state index in [9.17, 15) is 4.79 Å². The zero-order valence-electron chi connectivity index (χ0n) is 14.6. The molecule has 26 heavy (non-hydrogen) atoms. The van der Waals surface area contributed by atoms with E-state index in [-0.39, 0.29) is 0 Å². The zero-order valence-corrected chi connectivity index (χ0v) is 14.6. The highest BCUT2D eigenvalue weighted by atomic mass is 16.4. The SMILES string of the molecule is CC1CCCN1c1nc(/C=C/C(=O)O)ccc1-c1cc2ccccc2o1. The highest BCUT2D eigenvalue weighted by molar-refractivity contribution is 5.87. The van der Waals surface area contributed by atoms with Crippen molar-refractivity contribution in [2.45, 2.75) is 25.8 Å². The molecule has 2 aromatic heterocycles. The normalized spacial score (nSPS) is 17.4. The third-order valence-electron chi connectivity index (χ3n) is 4.81. The minimum absolute atomic E-state index is 0.393. The number of benzene rings is 1. The van der Waals surface area contributed by atoms with Crippen molar-refractivity contribution in [2.75, 3.05) is 11.4 Å². The van der Waals surface area contributed by atoms with Crippen LogP contribution in [0.4, 0.5) is 5.82 Å². The molecule has 0 aliphatic carbocycles. The summed E-state index contributed by atoms with van der Waals surface area (Å²) in [4.78, 5) is 17.8. The van der Waals surface area contributed by atoms with Crippen molar-refractivity contribution in [3.05, 3.63) is 54.2 Å². The molecule has 0 saturated carbocycles. The van der Waals surface area contributed by atoms with E-state index in [1.54, 1.807) is 0 Å². The Labute approximate surface area is 151 Å². The Bertz CT molecular complexity index is 957. The van der Waals surface area contributed by atoms with Crippen molar-refractivity contribution in [3.63, 3.8) is 0 Å². The molecule has 3 aromatic rings. The van der Waals surface area contributed by atoms with E-state index >= 15 is 0 Å². The second-order valence-corrected chi connectivity index (χ2v) is 6.61. The van der Waals surface area contributed by atoms with Crippen molar-refractivity contribution in [3.8, 4) is 11.3 Å². The van der Waals surface area contributed by atoms with E-state index in [0.717, 1.165) is 53.6 Å². The maximum absolute atomic E-state index is 10.8. The number of aliphatic carboxylic acids is 1. The van der Waals surface area contributed by atoms with Gasteiger partial charge in [-0.15, -0.1) is 0 Å². The number of anilines is 1. The van der Waals surface area contributed by atoms with Crippen molar-refractivity contribution >= 4 is 28.8 Å². The predicted octanol–water partition coefficient (Wildman–Crippen LogP) is 4.58. The summed E-state index contributed by atoms with van der Waals surface area (Å²) < 4.78 is 6.05. The van der Waals surface area contributed by atoms with Gasteiger partial charge >= 0.3 is 5.97 Å². The third-order valence-corrected chi connectivity index (χ3v) is 4.81. The standard InChI is InChI=1S/C21H20N2O3/c1-14-5-4-12-23(14)21-17(10-8-16(22-21)9-11-20(24)25)19-13-15-6-2-3-7-18(15)26-19/h2-3,6-11,13-14H,4-5,12H2,1H3,(H,24,25)/b11-9+. The fraction of sp³-hybridized carbons (Fsp3) is 0.238. The lowest BCUT2D eigenvalue weighted by atomic mass is 10.1. The lowest BCUT2D eigenvalue weighted by Gasteiger charge is -2.25. The Kier molecular flexibility index (Phi) is 4.21. The highest BCUT2D eigenvalue weighted by Gasteiger charge is 2.25.